The predicted octanol–water partition coefficient (Wildman–Crippen LogP) is 13.1. The molecule has 0 fully saturated rings. The van der Waals surface area contributed by atoms with Crippen LogP contribution in [0.5, 0.6) is 0 Å². The quantitative estimate of drug-likeness (QED) is 0.124. The molecular formula is C54H28N6O2. The van der Waals surface area contributed by atoms with E-state index in [2.05, 4.69) is 27.9 Å². The topological polar surface area (TPSA) is 98.6 Å². The fourth-order valence-corrected chi connectivity index (χ4v) is 8.48. The monoisotopic (exact) mass is 792 g/mol. The molecule has 0 radical (unpaired) electrons. The van der Waals surface area contributed by atoms with Crippen LogP contribution < -0.4 is 4.90 Å². The zero-order valence-corrected chi connectivity index (χ0v) is 32.7. The molecule has 8 aromatic carbocycles. The molecule has 8 nitrogen and oxygen atoms in total. The first-order chi connectivity index (χ1) is 30.3. The van der Waals surface area contributed by atoms with Gasteiger partial charge in [-0.1, -0.05) is 78.9 Å². The number of anilines is 1. The van der Waals surface area contributed by atoms with Gasteiger partial charge in [0.2, 0.25) is 0 Å². The fourth-order valence-electron chi connectivity index (χ4n) is 8.48. The van der Waals surface area contributed by atoms with Gasteiger partial charge in [-0.15, -0.1) is 0 Å². The van der Waals surface area contributed by atoms with Gasteiger partial charge in [-0.2, -0.15) is 10.5 Å². The Morgan fingerprint density at radius 3 is 1.44 bits per heavy atom. The summed E-state index contributed by atoms with van der Waals surface area (Å²) in [5.74, 6) is -0.879. The van der Waals surface area contributed by atoms with Crippen molar-refractivity contribution < 1.29 is 9.59 Å². The van der Waals surface area contributed by atoms with E-state index in [1.165, 1.54) is 4.90 Å². The van der Waals surface area contributed by atoms with Gasteiger partial charge in [-0.3, -0.25) is 9.59 Å². The third kappa shape index (κ3) is 6.14. The molecule has 2 amide bonds. The van der Waals surface area contributed by atoms with Crippen LogP contribution in [0, 0.1) is 35.8 Å². The highest BCUT2D eigenvalue weighted by atomic mass is 16.2. The minimum atomic E-state index is -0.451. The Balaban J connectivity index is 1.18. The van der Waals surface area contributed by atoms with E-state index < -0.39 is 11.8 Å². The minimum Gasteiger partial charge on any atom is -0.308 e. The summed E-state index contributed by atoms with van der Waals surface area (Å²) in [4.78, 5) is 38.0. The lowest BCUT2D eigenvalue weighted by Gasteiger charge is -2.18. The van der Waals surface area contributed by atoms with E-state index in [1.54, 1.807) is 48.5 Å². The lowest BCUT2D eigenvalue weighted by molar-refractivity contribution is 0.0926. The molecule has 8 heteroatoms. The van der Waals surface area contributed by atoms with Gasteiger partial charge in [0.25, 0.3) is 11.8 Å². The maximum atomic E-state index is 15.0. The highest BCUT2D eigenvalue weighted by Crippen LogP contribution is 2.42. The Kier molecular flexibility index (Phi) is 8.82. The summed E-state index contributed by atoms with van der Waals surface area (Å²) in [5, 5.41) is 21.2. The van der Waals surface area contributed by atoms with Gasteiger partial charge in [0, 0.05) is 21.9 Å². The van der Waals surface area contributed by atoms with Gasteiger partial charge < -0.3 is 4.57 Å². The molecule has 2 heterocycles. The summed E-state index contributed by atoms with van der Waals surface area (Å²) in [7, 11) is 0. The number of nitrogens with zero attached hydrogens (tertiary/aromatic N) is 6. The van der Waals surface area contributed by atoms with Crippen molar-refractivity contribution in [1.29, 1.82) is 10.5 Å². The van der Waals surface area contributed by atoms with Crippen molar-refractivity contribution >= 4 is 50.7 Å². The number of rotatable bonds is 6. The number of imide groups is 1. The van der Waals surface area contributed by atoms with Crippen LogP contribution in [0.25, 0.3) is 81.7 Å². The van der Waals surface area contributed by atoms with Crippen LogP contribution in [0.4, 0.5) is 17.1 Å². The van der Waals surface area contributed by atoms with Gasteiger partial charge in [-0.25, -0.2) is 14.6 Å². The molecule has 0 N–H and O–H groups in total. The summed E-state index contributed by atoms with van der Waals surface area (Å²) in [6.07, 6.45) is 0. The van der Waals surface area contributed by atoms with Crippen molar-refractivity contribution in [2.45, 2.75) is 0 Å². The van der Waals surface area contributed by atoms with Gasteiger partial charge >= 0.3 is 0 Å². The zero-order chi connectivity index (χ0) is 42.5. The van der Waals surface area contributed by atoms with Crippen LogP contribution in [0.15, 0.2) is 170 Å². The van der Waals surface area contributed by atoms with Crippen LogP contribution in [0.2, 0.25) is 0 Å². The number of aromatic nitrogens is 1. The number of fused-ring (bicyclic) bond motifs is 4. The molecule has 1 aromatic heterocycles. The van der Waals surface area contributed by atoms with E-state index in [4.69, 9.17) is 13.1 Å². The van der Waals surface area contributed by atoms with E-state index in [9.17, 15) is 15.3 Å². The first-order valence-corrected chi connectivity index (χ1v) is 19.6. The molecule has 0 aliphatic carbocycles. The van der Waals surface area contributed by atoms with E-state index in [-0.39, 0.29) is 11.1 Å². The van der Waals surface area contributed by atoms with E-state index in [0.717, 1.165) is 55.2 Å². The average molecular weight is 793 g/mol. The highest BCUT2D eigenvalue weighted by Gasteiger charge is 2.40. The van der Waals surface area contributed by atoms with Crippen molar-refractivity contribution in [3.63, 3.8) is 0 Å². The molecule has 1 aliphatic heterocycles. The van der Waals surface area contributed by atoms with Gasteiger partial charge in [0.05, 0.1) is 58.8 Å². The Morgan fingerprint density at radius 1 is 0.452 bits per heavy atom. The molecular weight excluding hydrogens is 765 g/mol. The third-order valence-electron chi connectivity index (χ3n) is 11.3. The van der Waals surface area contributed by atoms with E-state index in [1.807, 2.05) is 120 Å². The van der Waals surface area contributed by atoms with Crippen molar-refractivity contribution in [1.82, 2.24) is 4.57 Å². The summed E-state index contributed by atoms with van der Waals surface area (Å²) >= 11 is 0. The molecule has 0 spiro atoms. The number of carbonyl (C=O) groups excluding carboxylic acids is 2. The number of hydrogen-bond acceptors (Lipinski definition) is 4. The number of hydrogen-bond donors (Lipinski definition) is 0. The Morgan fingerprint density at radius 2 is 0.952 bits per heavy atom. The third-order valence-corrected chi connectivity index (χ3v) is 11.3. The largest absolute Gasteiger partial charge is 0.308 e. The SMILES string of the molecule is [C-]#[N+]c1cc(C#N)cc(-c2ccc3c(c2)c2cc(-c4cc(C#N)cc([N+]#[C-])c4)ccc2n3-c2cccc3c2C(=O)N(c2cc(-c4ccccc4)cc(-c4ccccc4)c2)C3=O)c1. The number of carbonyl (C=O) groups is 2. The maximum Gasteiger partial charge on any atom is 0.268 e. The van der Waals surface area contributed by atoms with Gasteiger partial charge in [0.15, 0.2) is 11.4 Å². The van der Waals surface area contributed by atoms with Crippen LogP contribution in [0.3, 0.4) is 0 Å². The second-order valence-corrected chi connectivity index (χ2v) is 14.9. The molecule has 0 bridgehead atoms. The Bertz CT molecular complexity index is 3300. The summed E-state index contributed by atoms with van der Waals surface area (Å²) in [6, 6.07) is 57.0. The molecule has 0 saturated carbocycles. The Hall–Kier alpha value is -9.34. The van der Waals surface area contributed by atoms with Crippen molar-refractivity contribution in [2.24, 2.45) is 0 Å². The maximum absolute atomic E-state index is 15.0. The van der Waals surface area contributed by atoms with Gasteiger partial charge in [0.1, 0.15) is 0 Å². The first kappa shape index (κ1) is 37.0. The van der Waals surface area contributed by atoms with Crippen LogP contribution >= 0.6 is 0 Å². The molecule has 1 aliphatic rings. The van der Waals surface area contributed by atoms with Crippen LogP contribution in [-0.4, -0.2) is 16.4 Å². The average Bonchev–Trinajstić information content (AvgIpc) is 3.80. The van der Waals surface area contributed by atoms with Crippen LogP contribution in [0.1, 0.15) is 31.8 Å². The molecule has 0 saturated heterocycles. The lowest BCUT2D eigenvalue weighted by Crippen LogP contribution is -2.29. The summed E-state index contributed by atoms with van der Waals surface area (Å²) in [6.45, 7) is 15.3. The Labute approximate surface area is 356 Å². The molecule has 9 aromatic rings. The molecule has 62 heavy (non-hydrogen) atoms. The standard InChI is InChI=1S/C54H28N6O2/c1-57-43-22-33(31-55)20-39(25-43)37-16-18-49-47(29-37)48-30-38(40-21-34(32-56)23-44(26-40)58-2)17-19-50(48)60(49)51-15-9-14-46-52(51)54(62)59(53(46)61)45-27-41(35-10-5-3-6-11-35)24-42(28-45)36-12-7-4-8-13-36/h3-30H. The summed E-state index contributed by atoms with van der Waals surface area (Å²) < 4.78 is 1.99. The molecule has 0 atom stereocenters. The number of nitriles is 2. The lowest BCUT2D eigenvalue weighted by atomic mass is 9.97. The molecule has 10 rings (SSSR count). The number of benzene rings is 8. The molecule has 286 valence electrons. The second-order valence-electron chi connectivity index (χ2n) is 14.9. The van der Waals surface area contributed by atoms with Gasteiger partial charge in [-0.05, 0) is 136 Å². The number of amides is 2. The van der Waals surface area contributed by atoms with Crippen molar-refractivity contribution in [2.75, 3.05) is 4.90 Å². The molecule has 0 unspecified atom stereocenters. The zero-order valence-electron chi connectivity index (χ0n) is 32.7. The smallest absolute Gasteiger partial charge is 0.268 e. The highest BCUT2D eigenvalue weighted by molar-refractivity contribution is 6.36. The van der Waals surface area contributed by atoms with Crippen molar-refractivity contribution in [3.05, 3.63) is 215 Å². The second kappa shape index (κ2) is 14.8. The first-order valence-electron chi connectivity index (χ1n) is 19.6. The van der Waals surface area contributed by atoms with Crippen molar-refractivity contribution in [3.8, 4) is 62.3 Å². The minimum absolute atomic E-state index is 0.266. The normalized spacial score (nSPS) is 11.8. The predicted molar refractivity (Wildman–Crippen MR) is 242 cm³/mol. The van der Waals surface area contributed by atoms with E-state index >= 15 is 4.79 Å². The van der Waals surface area contributed by atoms with E-state index in [0.29, 0.717) is 45.0 Å². The summed E-state index contributed by atoms with van der Waals surface area (Å²) in [5.41, 5.74) is 11.0. The van der Waals surface area contributed by atoms with Crippen LogP contribution in [-0.2, 0) is 0 Å². The fraction of sp³-hybridized carbons (Fsp3) is 0.